The van der Waals surface area contributed by atoms with Crippen molar-refractivity contribution in [2.75, 3.05) is 37.4 Å². The summed E-state index contributed by atoms with van der Waals surface area (Å²) in [6.45, 7) is 6.55. The number of methoxy groups -OCH3 is 1. The molecule has 2 aromatic rings. The number of nitrogens with one attached hydrogen (secondary N) is 3. The van der Waals surface area contributed by atoms with Gasteiger partial charge in [-0.25, -0.2) is 4.79 Å². The minimum Gasteiger partial charge on any atom is -0.380 e. The molecule has 7 heteroatoms. The fourth-order valence-electron chi connectivity index (χ4n) is 4.56. The van der Waals surface area contributed by atoms with Crippen molar-refractivity contribution in [1.29, 1.82) is 0 Å². The Labute approximate surface area is 195 Å². The lowest BCUT2D eigenvalue weighted by Crippen LogP contribution is -2.45. The van der Waals surface area contributed by atoms with Crippen molar-refractivity contribution in [2.45, 2.75) is 51.2 Å². The second-order valence-electron chi connectivity index (χ2n) is 9.19. The third-order valence-corrected chi connectivity index (χ3v) is 6.60. The van der Waals surface area contributed by atoms with Gasteiger partial charge in [0.2, 0.25) is 5.91 Å². The average Bonchev–Trinajstić information content (AvgIpc) is 3.12. The zero-order valence-electron chi connectivity index (χ0n) is 19.7. The molecule has 2 aromatic carbocycles. The van der Waals surface area contributed by atoms with E-state index in [9.17, 15) is 9.59 Å². The fraction of sp³-hybridized carbons (Fsp3) is 0.462. The SMILES string of the molecule is COC1CC(C(=O)Nc2ccc3c(c2)CCNCC3)N(C(=O)Nc2ccc(C(C)C)cc2)C1. The molecule has 0 radical (unpaired) electrons. The van der Waals surface area contributed by atoms with Crippen molar-refractivity contribution in [3.8, 4) is 0 Å². The first-order valence-corrected chi connectivity index (χ1v) is 11.8. The summed E-state index contributed by atoms with van der Waals surface area (Å²) in [6, 6.07) is 13.0. The van der Waals surface area contributed by atoms with Crippen LogP contribution in [0, 0.1) is 0 Å². The van der Waals surface area contributed by atoms with E-state index >= 15 is 0 Å². The Bertz CT molecular complexity index is 990. The van der Waals surface area contributed by atoms with Crippen LogP contribution in [0.1, 0.15) is 42.9 Å². The van der Waals surface area contributed by atoms with Gasteiger partial charge >= 0.3 is 6.03 Å². The Balaban J connectivity index is 1.45. The summed E-state index contributed by atoms with van der Waals surface area (Å²) < 4.78 is 5.49. The topological polar surface area (TPSA) is 82.7 Å². The average molecular weight is 451 g/mol. The van der Waals surface area contributed by atoms with Crippen LogP contribution in [0.3, 0.4) is 0 Å². The molecule has 7 nitrogen and oxygen atoms in total. The largest absolute Gasteiger partial charge is 0.380 e. The van der Waals surface area contributed by atoms with Crippen LogP contribution in [-0.2, 0) is 22.4 Å². The van der Waals surface area contributed by atoms with Gasteiger partial charge in [0.05, 0.1) is 6.10 Å². The van der Waals surface area contributed by atoms with Crippen molar-refractivity contribution in [3.63, 3.8) is 0 Å². The predicted molar refractivity (Wildman–Crippen MR) is 131 cm³/mol. The van der Waals surface area contributed by atoms with E-state index in [1.807, 2.05) is 30.3 Å². The van der Waals surface area contributed by atoms with Gasteiger partial charge in [0.25, 0.3) is 0 Å². The molecule has 0 spiro atoms. The van der Waals surface area contributed by atoms with Crippen LogP contribution in [0.5, 0.6) is 0 Å². The van der Waals surface area contributed by atoms with E-state index in [2.05, 4.69) is 41.9 Å². The van der Waals surface area contributed by atoms with Crippen LogP contribution < -0.4 is 16.0 Å². The number of urea groups is 1. The number of amides is 3. The number of ether oxygens (including phenoxy) is 1. The Kier molecular flexibility index (Phi) is 7.30. The van der Waals surface area contributed by atoms with Gasteiger partial charge in [0.1, 0.15) is 6.04 Å². The number of carbonyl (C=O) groups excluding carboxylic acids is 2. The molecule has 2 aliphatic rings. The summed E-state index contributed by atoms with van der Waals surface area (Å²) in [5, 5.41) is 9.37. The van der Waals surface area contributed by atoms with E-state index in [1.165, 1.54) is 16.7 Å². The molecule has 1 fully saturated rings. The maximum absolute atomic E-state index is 13.2. The van der Waals surface area contributed by atoms with E-state index in [-0.39, 0.29) is 18.0 Å². The zero-order valence-corrected chi connectivity index (χ0v) is 19.7. The Morgan fingerprint density at radius 2 is 1.70 bits per heavy atom. The summed E-state index contributed by atoms with van der Waals surface area (Å²) in [4.78, 5) is 27.8. The van der Waals surface area contributed by atoms with E-state index in [1.54, 1.807) is 12.0 Å². The molecule has 176 valence electrons. The summed E-state index contributed by atoms with van der Waals surface area (Å²) in [5.41, 5.74) is 5.28. The molecule has 0 bridgehead atoms. The quantitative estimate of drug-likeness (QED) is 0.648. The lowest BCUT2D eigenvalue weighted by molar-refractivity contribution is -0.119. The van der Waals surface area contributed by atoms with Gasteiger partial charge < -0.3 is 25.6 Å². The highest BCUT2D eigenvalue weighted by Gasteiger charge is 2.40. The van der Waals surface area contributed by atoms with Crippen molar-refractivity contribution < 1.29 is 14.3 Å². The lowest BCUT2D eigenvalue weighted by Gasteiger charge is -2.24. The summed E-state index contributed by atoms with van der Waals surface area (Å²) in [7, 11) is 1.62. The normalized spacial score (nSPS) is 20.3. The molecule has 0 saturated carbocycles. The molecule has 3 N–H and O–H groups in total. The monoisotopic (exact) mass is 450 g/mol. The number of fused-ring (bicyclic) bond motifs is 1. The van der Waals surface area contributed by atoms with Crippen molar-refractivity contribution in [3.05, 3.63) is 59.2 Å². The van der Waals surface area contributed by atoms with Gasteiger partial charge in [-0.3, -0.25) is 4.79 Å². The molecule has 1 saturated heterocycles. The van der Waals surface area contributed by atoms with Crippen molar-refractivity contribution >= 4 is 23.3 Å². The molecule has 0 aliphatic carbocycles. The first-order valence-electron chi connectivity index (χ1n) is 11.8. The molecule has 33 heavy (non-hydrogen) atoms. The van der Waals surface area contributed by atoms with Crippen molar-refractivity contribution in [1.82, 2.24) is 10.2 Å². The molecule has 0 aromatic heterocycles. The number of anilines is 2. The number of rotatable bonds is 5. The van der Waals surface area contributed by atoms with Gasteiger partial charge in [0.15, 0.2) is 0 Å². The van der Waals surface area contributed by atoms with Gasteiger partial charge in [0, 0.05) is 31.5 Å². The molecule has 4 rings (SSSR count). The molecule has 2 aliphatic heterocycles. The number of benzene rings is 2. The van der Waals surface area contributed by atoms with Crippen LogP contribution in [0.2, 0.25) is 0 Å². The minimum atomic E-state index is -0.592. The van der Waals surface area contributed by atoms with Gasteiger partial charge in [-0.2, -0.15) is 0 Å². The Morgan fingerprint density at radius 3 is 2.39 bits per heavy atom. The highest BCUT2D eigenvalue weighted by atomic mass is 16.5. The van der Waals surface area contributed by atoms with Crippen molar-refractivity contribution in [2.24, 2.45) is 0 Å². The lowest BCUT2D eigenvalue weighted by atomic mass is 10.0. The second kappa shape index (κ2) is 10.4. The van der Waals surface area contributed by atoms with Crippen LogP contribution in [0.15, 0.2) is 42.5 Å². The Hall–Kier alpha value is -2.90. The maximum Gasteiger partial charge on any atom is 0.322 e. The second-order valence-corrected chi connectivity index (χ2v) is 9.19. The number of carbonyl (C=O) groups is 2. The number of hydrogen-bond acceptors (Lipinski definition) is 4. The molecule has 2 heterocycles. The van der Waals surface area contributed by atoms with E-state index < -0.39 is 6.04 Å². The molecule has 2 unspecified atom stereocenters. The summed E-state index contributed by atoms with van der Waals surface area (Å²) in [6.07, 6.45) is 2.23. The highest BCUT2D eigenvalue weighted by Crippen LogP contribution is 2.25. The van der Waals surface area contributed by atoms with Gasteiger partial charge in [-0.05, 0) is 72.8 Å². The third kappa shape index (κ3) is 5.54. The summed E-state index contributed by atoms with van der Waals surface area (Å²) >= 11 is 0. The molecule has 3 amide bonds. The zero-order chi connectivity index (χ0) is 23.4. The van der Waals surface area contributed by atoms with Crippen LogP contribution in [-0.4, -0.2) is 55.7 Å². The number of likely N-dealkylation sites (tertiary alicyclic amines) is 1. The van der Waals surface area contributed by atoms with E-state index in [4.69, 9.17) is 4.74 Å². The summed E-state index contributed by atoms with van der Waals surface area (Å²) in [5.74, 6) is 0.236. The first kappa shape index (κ1) is 23.3. The van der Waals surface area contributed by atoms with Gasteiger partial charge in [-0.1, -0.05) is 32.0 Å². The van der Waals surface area contributed by atoms with E-state index in [0.717, 1.165) is 31.6 Å². The minimum absolute atomic E-state index is 0.173. The highest BCUT2D eigenvalue weighted by molar-refractivity contribution is 5.99. The molecule has 2 atom stereocenters. The smallest absolute Gasteiger partial charge is 0.322 e. The van der Waals surface area contributed by atoms with E-state index in [0.29, 0.717) is 24.6 Å². The van der Waals surface area contributed by atoms with Gasteiger partial charge in [-0.15, -0.1) is 0 Å². The first-order chi connectivity index (χ1) is 15.9. The maximum atomic E-state index is 13.2. The molecular weight excluding hydrogens is 416 g/mol. The van der Waals surface area contributed by atoms with Crippen LogP contribution >= 0.6 is 0 Å². The predicted octanol–water partition coefficient (Wildman–Crippen LogP) is 3.76. The number of nitrogens with zero attached hydrogens (tertiary/aromatic N) is 1. The Morgan fingerprint density at radius 1 is 1.00 bits per heavy atom. The standard InChI is InChI=1S/C26H34N4O3/c1-17(2)18-4-7-21(8-5-18)29-26(32)30-16-23(33-3)15-24(30)25(31)28-22-9-6-19-10-12-27-13-11-20(19)14-22/h4-9,14,17,23-24,27H,10-13,15-16H2,1-3H3,(H,28,31)(H,29,32). The fourth-order valence-corrected chi connectivity index (χ4v) is 4.56. The van der Waals surface area contributed by atoms with Crippen LogP contribution in [0.25, 0.3) is 0 Å². The molecular formula is C26H34N4O3. The number of hydrogen-bond donors (Lipinski definition) is 3. The van der Waals surface area contributed by atoms with Crippen LogP contribution in [0.4, 0.5) is 16.2 Å². The third-order valence-electron chi connectivity index (χ3n) is 6.60.